The number of nitro groups is 1. The molecule has 30 heavy (non-hydrogen) atoms. The Labute approximate surface area is 174 Å². The van der Waals surface area contributed by atoms with E-state index in [1.54, 1.807) is 27.7 Å². The molecule has 1 saturated heterocycles. The van der Waals surface area contributed by atoms with Crippen molar-refractivity contribution in [3.8, 4) is 0 Å². The molecule has 0 bridgehead atoms. The number of nitro benzene ring substituents is 1. The van der Waals surface area contributed by atoms with Crippen molar-refractivity contribution in [1.29, 1.82) is 0 Å². The third-order valence-electron chi connectivity index (χ3n) is 4.03. The van der Waals surface area contributed by atoms with E-state index in [1.165, 1.54) is 6.07 Å². The smallest absolute Gasteiger partial charge is 0.411 e. The summed E-state index contributed by atoms with van der Waals surface area (Å²) in [5, 5.41) is 10.9. The maximum absolute atomic E-state index is 12.6. The van der Waals surface area contributed by atoms with Crippen LogP contribution in [0.5, 0.6) is 0 Å². The van der Waals surface area contributed by atoms with E-state index in [2.05, 4.69) is 0 Å². The second kappa shape index (κ2) is 8.96. The summed E-state index contributed by atoms with van der Waals surface area (Å²) in [6.45, 7) is 6.41. The van der Waals surface area contributed by atoms with Crippen LogP contribution in [0.15, 0.2) is 29.2 Å². The van der Waals surface area contributed by atoms with Crippen molar-refractivity contribution in [3.63, 3.8) is 0 Å². The zero-order chi connectivity index (χ0) is 22.7. The molecule has 0 saturated carbocycles. The van der Waals surface area contributed by atoms with E-state index < -0.39 is 55.4 Å². The van der Waals surface area contributed by atoms with Gasteiger partial charge < -0.3 is 9.47 Å². The summed E-state index contributed by atoms with van der Waals surface area (Å²) in [5.41, 5.74) is -1.24. The van der Waals surface area contributed by atoms with Gasteiger partial charge in [0.2, 0.25) is 0 Å². The lowest BCUT2D eigenvalue weighted by molar-refractivity contribution is -0.385. The molecule has 1 aromatic carbocycles. The van der Waals surface area contributed by atoms with Gasteiger partial charge in [-0.25, -0.2) is 9.59 Å². The minimum atomic E-state index is -4.38. The van der Waals surface area contributed by atoms with Gasteiger partial charge in [-0.15, -0.1) is 0 Å². The lowest BCUT2D eigenvalue weighted by Crippen LogP contribution is -2.44. The molecule has 11 nitrogen and oxygen atoms in total. The van der Waals surface area contributed by atoms with E-state index in [9.17, 15) is 28.1 Å². The first-order valence-corrected chi connectivity index (χ1v) is 10.6. The highest BCUT2D eigenvalue weighted by Gasteiger charge is 2.44. The lowest BCUT2D eigenvalue weighted by Gasteiger charge is -2.27. The molecule has 2 atom stereocenters. The Morgan fingerprint density at radius 1 is 1.30 bits per heavy atom. The largest absolute Gasteiger partial charge is 0.464 e. The van der Waals surface area contributed by atoms with Gasteiger partial charge >= 0.3 is 12.1 Å². The molecule has 1 fully saturated rings. The average molecular weight is 444 g/mol. The maximum atomic E-state index is 12.6. The minimum Gasteiger partial charge on any atom is -0.464 e. The molecule has 1 heterocycles. The zero-order valence-electron chi connectivity index (χ0n) is 17.1. The molecule has 0 spiro atoms. The Balaban J connectivity index is 2.23. The third-order valence-corrected chi connectivity index (χ3v) is 5.39. The summed E-state index contributed by atoms with van der Waals surface area (Å²) in [6.07, 6.45) is -2.00. The highest BCUT2D eigenvalue weighted by molar-refractivity contribution is 7.86. The quantitative estimate of drug-likeness (QED) is 0.279. The van der Waals surface area contributed by atoms with Crippen LogP contribution in [-0.2, 0) is 28.6 Å². The zero-order valence-corrected chi connectivity index (χ0v) is 17.9. The molecule has 0 radical (unpaired) electrons. The van der Waals surface area contributed by atoms with Crippen LogP contribution in [0.2, 0.25) is 0 Å². The normalized spacial score (nSPS) is 19.4. The number of benzene rings is 1. The second-order valence-corrected chi connectivity index (χ2v) is 9.14. The Kier molecular flexibility index (Phi) is 7.03. The number of amides is 1. The van der Waals surface area contributed by atoms with E-state index in [0.717, 1.165) is 23.1 Å². The van der Waals surface area contributed by atoms with Gasteiger partial charge in [-0.2, -0.15) is 8.42 Å². The van der Waals surface area contributed by atoms with Crippen molar-refractivity contribution >= 4 is 27.9 Å². The molecule has 1 aliphatic rings. The standard InChI is InChI=1S/C18H24N2O9S/c1-5-27-16(21)15-10-13(11-19(15)17(22)28-18(2,3)4)29-30(25,26)14-8-6-7-12(9-14)20(23)24/h6-9,13,15H,5,10-11H2,1-4H3/t13-,15-/m0/s1. The SMILES string of the molecule is CCOC(=O)[C@@H]1C[C@H](OS(=O)(=O)c2cccc([N+](=O)[O-])c2)CN1C(=O)OC(C)(C)C. The number of ether oxygens (including phenoxy) is 2. The van der Waals surface area contributed by atoms with Crippen LogP contribution in [-0.4, -0.2) is 61.2 Å². The van der Waals surface area contributed by atoms with Crippen molar-refractivity contribution in [1.82, 2.24) is 4.90 Å². The van der Waals surface area contributed by atoms with Crippen LogP contribution >= 0.6 is 0 Å². The number of carbonyl (C=O) groups excluding carboxylic acids is 2. The topological polar surface area (TPSA) is 142 Å². The number of non-ortho nitro benzene ring substituents is 1. The summed E-state index contributed by atoms with van der Waals surface area (Å²) in [7, 11) is -4.38. The van der Waals surface area contributed by atoms with Crippen molar-refractivity contribution in [2.24, 2.45) is 0 Å². The molecule has 0 unspecified atom stereocenters. The average Bonchev–Trinajstić information content (AvgIpc) is 3.04. The molecule has 2 rings (SSSR count). The van der Waals surface area contributed by atoms with Crippen LogP contribution in [0, 0.1) is 10.1 Å². The Morgan fingerprint density at radius 3 is 2.53 bits per heavy atom. The molecule has 12 heteroatoms. The predicted molar refractivity (Wildman–Crippen MR) is 103 cm³/mol. The summed E-state index contributed by atoms with van der Waals surface area (Å²) in [5.74, 6) is -0.706. The van der Waals surface area contributed by atoms with Crippen LogP contribution in [0.3, 0.4) is 0 Å². The Hall–Kier alpha value is -2.73. The van der Waals surface area contributed by atoms with E-state index in [0.29, 0.717) is 0 Å². The molecular weight excluding hydrogens is 420 g/mol. The monoisotopic (exact) mass is 444 g/mol. The summed E-state index contributed by atoms with van der Waals surface area (Å²) in [6, 6.07) is 3.32. The van der Waals surface area contributed by atoms with Crippen LogP contribution in [0.25, 0.3) is 0 Å². The highest BCUT2D eigenvalue weighted by atomic mass is 32.2. The summed E-state index contributed by atoms with van der Waals surface area (Å²) in [4.78, 5) is 35.6. The van der Waals surface area contributed by atoms with Crippen molar-refractivity contribution in [3.05, 3.63) is 34.4 Å². The van der Waals surface area contributed by atoms with Crippen LogP contribution in [0.1, 0.15) is 34.1 Å². The second-order valence-electron chi connectivity index (χ2n) is 7.56. The fourth-order valence-electron chi connectivity index (χ4n) is 2.84. The van der Waals surface area contributed by atoms with E-state index in [4.69, 9.17) is 13.7 Å². The molecule has 0 aromatic heterocycles. The summed E-state index contributed by atoms with van der Waals surface area (Å²) < 4.78 is 40.6. The number of hydrogen-bond acceptors (Lipinski definition) is 9. The van der Waals surface area contributed by atoms with Gasteiger partial charge in [-0.3, -0.25) is 19.2 Å². The first-order chi connectivity index (χ1) is 13.8. The number of nitrogens with zero attached hydrogens (tertiary/aromatic N) is 2. The van der Waals surface area contributed by atoms with Gasteiger partial charge in [0.05, 0.1) is 24.2 Å². The maximum Gasteiger partial charge on any atom is 0.411 e. The molecule has 0 N–H and O–H groups in total. The van der Waals surface area contributed by atoms with Gasteiger partial charge in [0, 0.05) is 18.6 Å². The van der Waals surface area contributed by atoms with Crippen molar-refractivity contribution in [2.75, 3.05) is 13.2 Å². The van der Waals surface area contributed by atoms with E-state index >= 15 is 0 Å². The van der Waals surface area contributed by atoms with Crippen LogP contribution < -0.4 is 0 Å². The molecule has 1 aromatic rings. The molecule has 1 amide bonds. The first-order valence-electron chi connectivity index (χ1n) is 9.18. The van der Waals surface area contributed by atoms with Gasteiger partial charge in [0.15, 0.2) is 0 Å². The van der Waals surface area contributed by atoms with Crippen molar-refractivity contribution < 1.29 is 36.6 Å². The lowest BCUT2D eigenvalue weighted by atomic mass is 10.2. The van der Waals surface area contributed by atoms with Gasteiger partial charge in [-0.05, 0) is 33.8 Å². The molecule has 166 valence electrons. The molecule has 0 aliphatic carbocycles. The number of hydrogen-bond donors (Lipinski definition) is 0. The molecular formula is C18H24N2O9S. The van der Waals surface area contributed by atoms with Crippen molar-refractivity contribution in [2.45, 2.75) is 56.8 Å². The van der Waals surface area contributed by atoms with Crippen LogP contribution in [0.4, 0.5) is 10.5 Å². The summed E-state index contributed by atoms with van der Waals surface area (Å²) >= 11 is 0. The Morgan fingerprint density at radius 2 is 1.97 bits per heavy atom. The van der Waals surface area contributed by atoms with Gasteiger partial charge in [0.25, 0.3) is 15.8 Å². The first kappa shape index (κ1) is 23.5. The van der Waals surface area contributed by atoms with E-state index in [1.807, 2.05) is 0 Å². The van der Waals surface area contributed by atoms with E-state index in [-0.39, 0.29) is 19.6 Å². The molecule has 1 aliphatic heterocycles. The third kappa shape index (κ3) is 5.89. The highest BCUT2D eigenvalue weighted by Crippen LogP contribution is 2.28. The fraction of sp³-hybridized carbons (Fsp3) is 0.556. The number of carbonyl (C=O) groups is 2. The Bertz CT molecular complexity index is 924. The predicted octanol–water partition coefficient (Wildman–Crippen LogP) is 2.24. The number of likely N-dealkylation sites (tertiary alicyclic amines) is 1. The fourth-order valence-corrected chi connectivity index (χ4v) is 3.96. The van der Waals surface area contributed by atoms with Gasteiger partial charge in [0.1, 0.15) is 16.5 Å². The number of rotatable bonds is 6. The minimum absolute atomic E-state index is 0.0784. The van der Waals surface area contributed by atoms with Gasteiger partial charge in [-0.1, -0.05) is 6.07 Å². The number of esters is 1.